The molecule has 0 unspecified atom stereocenters. The summed E-state index contributed by atoms with van der Waals surface area (Å²) in [4.78, 5) is 0. The van der Waals surface area contributed by atoms with Crippen molar-refractivity contribution in [1.29, 1.82) is 0 Å². The Hall–Kier alpha value is -7.40. The van der Waals surface area contributed by atoms with Crippen molar-refractivity contribution in [3.8, 4) is 11.4 Å². The molecule has 0 saturated carbocycles. The molecule has 0 aliphatic rings. The molecule has 3 heterocycles. The highest BCUT2D eigenvalue weighted by Gasteiger charge is 2.44. The number of furan rings is 1. The Morgan fingerprint density at radius 3 is 1.34 bits per heavy atom. The van der Waals surface area contributed by atoms with Crippen LogP contribution in [0.3, 0.4) is 0 Å². The first-order valence-electron chi connectivity index (χ1n) is 19.9. The number of hydrogen-bond acceptors (Lipinski definition) is 1. The van der Waals surface area contributed by atoms with Crippen molar-refractivity contribution in [3.63, 3.8) is 0 Å². The second-order valence-corrected chi connectivity index (χ2v) is 19.0. The molecule has 0 aliphatic carbocycles. The largest absolute Gasteiger partial charge is 0.456 e. The van der Waals surface area contributed by atoms with Gasteiger partial charge in [0.1, 0.15) is 11.2 Å². The molecule has 0 radical (unpaired) electrons. The second-order valence-electron chi connectivity index (χ2n) is 15.2. The highest BCUT2D eigenvalue weighted by Crippen LogP contribution is 2.41. The predicted octanol–water partition coefficient (Wildman–Crippen LogP) is 11.2. The molecule has 12 aromatic rings. The van der Waals surface area contributed by atoms with Crippen LogP contribution in [-0.4, -0.2) is 17.2 Å². The Morgan fingerprint density at radius 1 is 0.310 bits per heavy atom. The van der Waals surface area contributed by atoms with Crippen molar-refractivity contribution in [3.05, 3.63) is 218 Å². The van der Waals surface area contributed by atoms with Gasteiger partial charge in [0.15, 0.2) is 8.07 Å². The molecule has 58 heavy (non-hydrogen) atoms. The van der Waals surface area contributed by atoms with Gasteiger partial charge in [-0.15, -0.1) is 0 Å². The molecule has 0 amide bonds. The summed E-state index contributed by atoms with van der Waals surface area (Å²) in [6.07, 6.45) is 0. The molecule has 272 valence electrons. The van der Waals surface area contributed by atoms with Gasteiger partial charge >= 0.3 is 0 Å². The van der Waals surface area contributed by atoms with E-state index in [1.807, 2.05) is 0 Å². The summed E-state index contributed by atoms with van der Waals surface area (Å²) in [5.74, 6) is 0. The van der Waals surface area contributed by atoms with E-state index in [1.54, 1.807) is 0 Å². The Labute approximate surface area is 336 Å². The SMILES string of the molecule is c1ccc([Si](c2ccccc2)(c2ccccc2)c2cc3oc4ccccc4c3cc2-n2c3ccccc3c3c(-n4c5ccccc5c5ccccc54)cccc32)cc1. The fourth-order valence-corrected chi connectivity index (χ4v) is 14.8. The zero-order valence-electron chi connectivity index (χ0n) is 31.6. The van der Waals surface area contributed by atoms with Crippen molar-refractivity contribution in [1.82, 2.24) is 9.13 Å². The molecule has 0 saturated heterocycles. The maximum absolute atomic E-state index is 6.80. The van der Waals surface area contributed by atoms with E-state index < -0.39 is 8.07 Å². The number of para-hydroxylation sites is 4. The number of nitrogens with zero attached hydrogens (tertiary/aromatic N) is 2. The predicted molar refractivity (Wildman–Crippen MR) is 246 cm³/mol. The normalized spacial score (nSPS) is 12.1. The van der Waals surface area contributed by atoms with Crippen molar-refractivity contribution < 1.29 is 4.42 Å². The first-order chi connectivity index (χ1) is 28.8. The first kappa shape index (κ1) is 32.8. The van der Waals surface area contributed by atoms with Crippen LogP contribution < -0.4 is 20.7 Å². The van der Waals surface area contributed by atoms with Gasteiger partial charge < -0.3 is 13.6 Å². The van der Waals surface area contributed by atoms with Crippen LogP contribution >= 0.6 is 0 Å². The van der Waals surface area contributed by atoms with E-state index in [-0.39, 0.29) is 0 Å². The molecule has 12 rings (SSSR count). The summed E-state index contributed by atoms with van der Waals surface area (Å²) in [5, 5.41) is 12.4. The number of aromatic nitrogens is 2. The Kier molecular flexibility index (Phi) is 7.25. The van der Waals surface area contributed by atoms with Crippen molar-refractivity contribution >= 4 is 94.4 Å². The van der Waals surface area contributed by atoms with E-state index in [2.05, 4.69) is 228 Å². The summed E-state index contributed by atoms with van der Waals surface area (Å²) in [6.45, 7) is 0. The Morgan fingerprint density at radius 2 is 0.759 bits per heavy atom. The lowest BCUT2D eigenvalue weighted by Crippen LogP contribution is -2.75. The van der Waals surface area contributed by atoms with Gasteiger partial charge in [0, 0.05) is 38.0 Å². The highest BCUT2D eigenvalue weighted by atomic mass is 28.3. The minimum Gasteiger partial charge on any atom is -0.456 e. The molecule has 3 aromatic heterocycles. The van der Waals surface area contributed by atoms with Crippen molar-refractivity contribution in [2.45, 2.75) is 0 Å². The van der Waals surface area contributed by atoms with E-state index >= 15 is 0 Å². The zero-order valence-corrected chi connectivity index (χ0v) is 32.6. The van der Waals surface area contributed by atoms with Crippen molar-refractivity contribution in [2.75, 3.05) is 0 Å². The van der Waals surface area contributed by atoms with Gasteiger partial charge in [-0.2, -0.15) is 0 Å². The lowest BCUT2D eigenvalue weighted by molar-refractivity contribution is 0.669. The minimum absolute atomic E-state index is 0.892. The quantitative estimate of drug-likeness (QED) is 0.122. The number of benzene rings is 9. The monoisotopic (exact) mass is 756 g/mol. The molecule has 9 aromatic carbocycles. The fraction of sp³-hybridized carbons (Fsp3) is 0. The molecule has 3 nitrogen and oxygen atoms in total. The third-order valence-electron chi connectivity index (χ3n) is 12.3. The molecule has 0 spiro atoms. The standard InChI is InChI=1S/C54H36N2OSi/c1-4-19-37(20-5-1)58(38-21-6-2-7-22-38,39-23-8-3-9-24-39)53-36-52-44(42-27-13-17-34-51(42)57-52)35-50(53)56-47-31-16-12-28-43(47)54-48(32-18-33-49(54)56)55-45-29-14-10-25-40(45)41-26-11-15-30-46(41)55/h1-36H. The molecule has 4 heteroatoms. The topological polar surface area (TPSA) is 23.0 Å². The minimum atomic E-state index is -3.07. The van der Waals surface area contributed by atoms with E-state index in [0.717, 1.165) is 38.7 Å². The maximum atomic E-state index is 6.80. The molecular weight excluding hydrogens is 721 g/mol. The van der Waals surface area contributed by atoms with Crippen LogP contribution in [-0.2, 0) is 0 Å². The van der Waals surface area contributed by atoms with Gasteiger partial charge in [0.25, 0.3) is 0 Å². The van der Waals surface area contributed by atoms with Crippen LogP contribution in [0.25, 0.3) is 76.9 Å². The Bertz CT molecular complexity index is 3360. The van der Waals surface area contributed by atoms with Gasteiger partial charge in [0.2, 0.25) is 0 Å². The highest BCUT2D eigenvalue weighted by molar-refractivity contribution is 7.20. The van der Waals surface area contributed by atoms with Crippen LogP contribution in [0.4, 0.5) is 0 Å². The third kappa shape index (κ3) is 4.61. The van der Waals surface area contributed by atoms with E-state index in [4.69, 9.17) is 4.42 Å². The molecular formula is C54H36N2OSi. The molecule has 0 bridgehead atoms. The van der Waals surface area contributed by atoms with Gasteiger partial charge in [0.05, 0.1) is 27.8 Å². The maximum Gasteiger partial charge on any atom is 0.182 e. The summed E-state index contributed by atoms with van der Waals surface area (Å²) >= 11 is 0. The molecule has 0 N–H and O–H groups in total. The van der Waals surface area contributed by atoms with E-state index in [0.29, 0.717) is 0 Å². The number of fused-ring (bicyclic) bond motifs is 9. The molecule has 0 atom stereocenters. The summed E-state index contributed by atoms with van der Waals surface area (Å²) in [5.41, 5.74) is 8.83. The summed E-state index contributed by atoms with van der Waals surface area (Å²) in [7, 11) is -3.07. The van der Waals surface area contributed by atoms with E-state index in [9.17, 15) is 0 Å². The average Bonchev–Trinajstić information content (AvgIpc) is 3.95. The van der Waals surface area contributed by atoms with Crippen molar-refractivity contribution in [2.24, 2.45) is 0 Å². The van der Waals surface area contributed by atoms with Gasteiger partial charge in [-0.1, -0.05) is 170 Å². The lowest BCUT2D eigenvalue weighted by Gasteiger charge is -2.36. The van der Waals surface area contributed by atoms with Crippen LogP contribution in [0.2, 0.25) is 0 Å². The average molecular weight is 757 g/mol. The van der Waals surface area contributed by atoms with Gasteiger partial charge in [-0.25, -0.2) is 0 Å². The first-order valence-corrected chi connectivity index (χ1v) is 21.9. The third-order valence-corrected chi connectivity index (χ3v) is 17.1. The van der Waals surface area contributed by atoms with Crippen LogP contribution in [0.5, 0.6) is 0 Å². The fourth-order valence-electron chi connectivity index (χ4n) is 9.90. The van der Waals surface area contributed by atoms with Crippen LogP contribution in [0.15, 0.2) is 223 Å². The summed E-state index contributed by atoms with van der Waals surface area (Å²) < 4.78 is 11.8. The molecule has 0 aliphatic heterocycles. The lowest BCUT2D eigenvalue weighted by atomic mass is 10.1. The number of rotatable bonds is 6. The summed E-state index contributed by atoms with van der Waals surface area (Å²) in [6, 6.07) is 80.2. The van der Waals surface area contributed by atoms with Gasteiger partial charge in [-0.05, 0) is 69.3 Å². The Balaban J connectivity index is 1.29. The second kappa shape index (κ2) is 12.8. The molecule has 0 fully saturated rings. The van der Waals surface area contributed by atoms with E-state index in [1.165, 1.54) is 59.0 Å². The number of hydrogen-bond donors (Lipinski definition) is 0. The van der Waals surface area contributed by atoms with Gasteiger partial charge in [-0.3, -0.25) is 0 Å². The smallest absolute Gasteiger partial charge is 0.182 e. The zero-order chi connectivity index (χ0) is 38.2. The van der Waals surface area contributed by atoms with Crippen LogP contribution in [0, 0.1) is 0 Å². The van der Waals surface area contributed by atoms with Crippen LogP contribution in [0.1, 0.15) is 0 Å².